The van der Waals surface area contributed by atoms with E-state index in [1.54, 1.807) is 6.07 Å². The fourth-order valence-corrected chi connectivity index (χ4v) is 3.83. The van der Waals surface area contributed by atoms with Crippen molar-refractivity contribution in [1.29, 1.82) is 0 Å². The van der Waals surface area contributed by atoms with Crippen LogP contribution in [0.4, 0.5) is 18.9 Å². The van der Waals surface area contributed by atoms with Crippen LogP contribution in [0.15, 0.2) is 24.3 Å². The highest BCUT2D eigenvalue weighted by Gasteiger charge is 2.32. The van der Waals surface area contributed by atoms with Crippen LogP contribution >= 0.6 is 0 Å². The van der Waals surface area contributed by atoms with Gasteiger partial charge in [-0.3, -0.25) is 9.69 Å². The van der Waals surface area contributed by atoms with E-state index in [1.807, 2.05) is 9.80 Å². The zero-order valence-electron chi connectivity index (χ0n) is 14.7. The molecule has 1 atom stereocenters. The number of amides is 1. The maximum absolute atomic E-state index is 12.9. The molecular formula is C18H25F3N4O. The summed E-state index contributed by atoms with van der Waals surface area (Å²) in [6.45, 7) is 4.43. The fourth-order valence-electron chi connectivity index (χ4n) is 3.83. The Kier molecular flexibility index (Phi) is 5.72. The van der Waals surface area contributed by atoms with Crippen LogP contribution in [0.5, 0.6) is 0 Å². The summed E-state index contributed by atoms with van der Waals surface area (Å²) < 4.78 is 38.7. The van der Waals surface area contributed by atoms with E-state index in [1.165, 1.54) is 12.1 Å². The average Bonchev–Trinajstić information content (AvgIpc) is 2.67. The zero-order chi connectivity index (χ0) is 18.7. The molecule has 0 saturated carbocycles. The maximum Gasteiger partial charge on any atom is 0.416 e. The SMILES string of the molecule is NCC(=O)N1CCC[C@@H](N2CCN(c3cccc(C(F)(F)F)c3)CC2)C1. The Labute approximate surface area is 151 Å². The van der Waals surface area contributed by atoms with Crippen molar-refractivity contribution in [2.75, 3.05) is 50.7 Å². The number of anilines is 1. The van der Waals surface area contributed by atoms with Crippen LogP contribution in [0.25, 0.3) is 0 Å². The smallest absolute Gasteiger partial charge is 0.369 e. The Morgan fingerprint density at radius 2 is 1.88 bits per heavy atom. The summed E-state index contributed by atoms with van der Waals surface area (Å²) in [6.07, 6.45) is -2.32. The molecule has 2 N–H and O–H groups in total. The lowest BCUT2D eigenvalue weighted by atomic mass is 10.0. The number of piperazine rings is 1. The van der Waals surface area contributed by atoms with Gasteiger partial charge in [-0.2, -0.15) is 13.2 Å². The number of nitrogens with two attached hydrogens (primary N) is 1. The van der Waals surface area contributed by atoms with Crippen LogP contribution in [0.2, 0.25) is 0 Å². The number of alkyl halides is 3. The molecule has 1 aromatic carbocycles. The van der Waals surface area contributed by atoms with Crippen molar-refractivity contribution in [2.24, 2.45) is 5.73 Å². The van der Waals surface area contributed by atoms with Crippen LogP contribution < -0.4 is 10.6 Å². The van der Waals surface area contributed by atoms with Gasteiger partial charge in [0.05, 0.1) is 12.1 Å². The molecule has 1 amide bonds. The second-order valence-corrected chi connectivity index (χ2v) is 6.91. The second-order valence-electron chi connectivity index (χ2n) is 6.91. The van der Waals surface area contributed by atoms with Gasteiger partial charge in [0.15, 0.2) is 0 Å². The molecule has 2 aliphatic rings. The Morgan fingerprint density at radius 1 is 1.15 bits per heavy atom. The minimum absolute atomic E-state index is 0.0164. The summed E-state index contributed by atoms with van der Waals surface area (Å²) in [6, 6.07) is 5.82. The molecular weight excluding hydrogens is 345 g/mol. The maximum atomic E-state index is 12.9. The van der Waals surface area contributed by atoms with Gasteiger partial charge in [-0.15, -0.1) is 0 Å². The third-order valence-corrected chi connectivity index (χ3v) is 5.29. The number of hydrogen-bond acceptors (Lipinski definition) is 4. The largest absolute Gasteiger partial charge is 0.416 e. The molecule has 3 rings (SSSR count). The number of benzene rings is 1. The van der Waals surface area contributed by atoms with Gasteiger partial charge < -0.3 is 15.5 Å². The summed E-state index contributed by atoms with van der Waals surface area (Å²) in [5, 5.41) is 0. The number of piperidine rings is 1. The van der Waals surface area contributed by atoms with E-state index in [2.05, 4.69) is 4.90 Å². The normalized spacial score (nSPS) is 22.5. The molecule has 0 spiro atoms. The number of likely N-dealkylation sites (tertiary alicyclic amines) is 1. The van der Waals surface area contributed by atoms with E-state index in [4.69, 9.17) is 5.73 Å². The number of carbonyl (C=O) groups excluding carboxylic acids is 1. The van der Waals surface area contributed by atoms with Crippen molar-refractivity contribution in [3.05, 3.63) is 29.8 Å². The topological polar surface area (TPSA) is 52.8 Å². The standard InChI is InChI=1S/C18H25F3N4O/c19-18(20,21)14-3-1-4-15(11-14)23-7-9-24(10-8-23)16-5-2-6-25(13-16)17(26)12-22/h1,3-4,11,16H,2,5-10,12-13,22H2/t16-/m1/s1. The van der Waals surface area contributed by atoms with Crippen molar-refractivity contribution in [2.45, 2.75) is 25.1 Å². The number of halogens is 3. The van der Waals surface area contributed by atoms with Gasteiger partial charge in [0.1, 0.15) is 0 Å². The first-order valence-electron chi connectivity index (χ1n) is 9.02. The van der Waals surface area contributed by atoms with Crippen LogP contribution in [0.1, 0.15) is 18.4 Å². The Balaban J connectivity index is 1.58. The molecule has 0 aliphatic carbocycles. The van der Waals surface area contributed by atoms with Crippen LogP contribution in [-0.4, -0.2) is 67.6 Å². The molecule has 2 saturated heterocycles. The zero-order valence-corrected chi connectivity index (χ0v) is 14.7. The van der Waals surface area contributed by atoms with Crippen molar-refractivity contribution in [3.63, 3.8) is 0 Å². The summed E-state index contributed by atoms with van der Waals surface area (Å²) >= 11 is 0. The molecule has 0 radical (unpaired) electrons. The Morgan fingerprint density at radius 3 is 2.54 bits per heavy atom. The van der Waals surface area contributed by atoms with E-state index in [-0.39, 0.29) is 12.5 Å². The van der Waals surface area contributed by atoms with Crippen molar-refractivity contribution >= 4 is 11.6 Å². The first kappa shape index (κ1) is 19.0. The second kappa shape index (κ2) is 7.84. The summed E-state index contributed by atoms with van der Waals surface area (Å²) in [5.41, 5.74) is 5.46. The van der Waals surface area contributed by atoms with Gasteiger partial charge in [0.25, 0.3) is 0 Å². The minimum atomic E-state index is -4.32. The van der Waals surface area contributed by atoms with E-state index in [9.17, 15) is 18.0 Å². The Hall–Kier alpha value is -1.80. The van der Waals surface area contributed by atoms with Gasteiger partial charge in [-0.25, -0.2) is 0 Å². The minimum Gasteiger partial charge on any atom is -0.369 e. The fraction of sp³-hybridized carbons (Fsp3) is 0.611. The van der Waals surface area contributed by atoms with Gasteiger partial charge in [-0.05, 0) is 31.0 Å². The van der Waals surface area contributed by atoms with E-state index >= 15 is 0 Å². The highest BCUT2D eigenvalue weighted by molar-refractivity contribution is 5.78. The lowest BCUT2D eigenvalue weighted by Gasteiger charge is -2.44. The van der Waals surface area contributed by atoms with E-state index < -0.39 is 11.7 Å². The first-order valence-corrected chi connectivity index (χ1v) is 9.02. The van der Waals surface area contributed by atoms with E-state index in [0.29, 0.717) is 31.4 Å². The van der Waals surface area contributed by atoms with Crippen LogP contribution in [-0.2, 0) is 11.0 Å². The highest BCUT2D eigenvalue weighted by atomic mass is 19.4. The summed E-state index contributed by atoms with van der Waals surface area (Å²) in [7, 11) is 0. The van der Waals surface area contributed by atoms with Gasteiger partial charge >= 0.3 is 6.18 Å². The molecule has 0 aromatic heterocycles. The van der Waals surface area contributed by atoms with Crippen LogP contribution in [0, 0.1) is 0 Å². The number of rotatable bonds is 3. The van der Waals surface area contributed by atoms with E-state index in [0.717, 1.165) is 38.5 Å². The molecule has 2 fully saturated rings. The van der Waals surface area contributed by atoms with Crippen LogP contribution in [0.3, 0.4) is 0 Å². The first-order chi connectivity index (χ1) is 12.4. The molecule has 8 heteroatoms. The predicted molar refractivity (Wildman–Crippen MR) is 93.9 cm³/mol. The lowest BCUT2D eigenvalue weighted by Crippen LogP contribution is -2.56. The van der Waals surface area contributed by atoms with Crippen molar-refractivity contribution < 1.29 is 18.0 Å². The summed E-state index contributed by atoms with van der Waals surface area (Å²) in [5.74, 6) is -0.0164. The molecule has 0 unspecified atom stereocenters. The predicted octanol–water partition coefficient (Wildman–Crippen LogP) is 1.78. The molecule has 5 nitrogen and oxygen atoms in total. The average molecular weight is 370 g/mol. The third kappa shape index (κ3) is 4.29. The number of nitrogens with zero attached hydrogens (tertiary/aromatic N) is 3. The molecule has 2 aliphatic heterocycles. The quantitative estimate of drug-likeness (QED) is 0.881. The number of hydrogen-bond donors (Lipinski definition) is 1. The van der Waals surface area contributed by atoms with Gasteiger partial charge in [-0.1, -0.05) is 6.07 Å². The highest BCUT2D eigenvalue weighted by Crippen LogP contribution is 2.32. The molecule has 26 heavy (non-hydrogen) atoms. The molecule has 144 valence electrons. The molecule has 2 heterocycles. The van der Waals surface area contributed by atoms with Crippen molar-refractivity contribution in [1.82, 2.24) is 9.80 Å². The molecule has 1 aromatic rings. The van der Waals surface area contributed by atoms with Gasteiger partial charge in [0.2, 0.25) is 5.91 Å². The van der Waals surface area contributed by atoms with Gasteiger partial charge in [0, 0.05) is 51.0 Å². The van der Waals surface area contributed by atoms with Crippen molar-refractivity contribution in [3.8, 4) is 0 Å². The molecule has 0 bridgehead atoms. The summed E-state index contributed by atoms with van der Waals surface area (Å²) in [4.78, 5) is 18.0. The third-order valence-electron chi connectivity index (χ3n) is 5.29. The number of carbonyl (C=O) groups is 1. The lowest BCUT2D eigenvalue weighted by molar-refractivity contribution is -0.137. The Bertz CT molecular complexity index is 629. The monoisotopic (exact) mass is 370 g/mol.